The van der Waals surface area contributed by atoms with Crippen LogP contribution in [0, 0.1) is 0 Å². The quantitative estimate of drug-likeness (QED) is 0.345. The largest absolute Gasteiger partial charge is 0.573 e. The standard InChI is InChI=1S/C18H15F3IN4O3P/c1-28-16-10-23-7-6-12(16)14-8-11(25-26(14)30-22)9-24-17(27)13-4-2-3-5-15(13)29-18(19,20)21/h2-8,10,30H,9H2,1H3,(H,24,27). The van der Waals surface area contributed by atoms with Crippen molar-refractivity contribution in [2.75, 3.05) is 7.11 Å². The summed E-state index contributed by atoms with van der Waals surface area (Å²) in [5.41, 5.74) is 1.87. The number of nitrogens with one attached hydrogen (secondary N) is 1. The topological polar surface area (TPSA) is 78.3 Å². The summed E-state index contributed by atoms with van der Waals surface area (Å²) >= 11 is 2.17. The molecule has 1 unspecified atom stereocenters. The second-order valence-electron chi connectivity index (χ2n) is 5.82. The van der Waals surface area contributed by atoms with Crippen molar-refractivity contribution in [3.05, 3.63) is 60.0 Å². The molecule has 0 saturated heterocycles. The zero-order chi connectivity index (χ0) is 21.7. The maximum atomic E-state index is 12.6. The van der Waals surface area contributed by atoms with Crippen LogP contribution in [0.5, 0.6) is 11.5 Å². The van der Waals surface area contributed by atoms with Crippen LogP contribution in [0.2, 0.25) is 0 Å². The van der Waals surface area contributed by atoms with E-state index in [9.17, 15) is 18.0 Å². The van der Waals surface area contributed by atoms with Gasteiger partial charge in [-0.2, -0.15) is 5.10 Å². The molecular weight excluding hydrogens is 535 g/mol. The number of hydrogen-bond acceptors (Lipinski definition) is 5. The molecule has 0 aliphatic heterocycles. The summed E-state index contributed by atoms with van der Waals surface area (Å²) in [5.74, 6) is -0.699. The highest BCUT2D eigenvalue weighted by Gasteiger charge is 2.32. The number of pyridine rings is 1. The number of benzene rings is 1. The summed E-state index contributed by atoms with van der Waals surface area (Å²) < 4.78 is 48.7. The Morgan fingerprint density at radius 3 is 2.73 bits per heavy atom. The van der Waals surface area contributed by atoms with Crippen molar-refractivity contribution in [1.82, 2.24) is 19.9 Å². The minimum atomic E-state index is -4.89. The molecule has 0 aliphatic carbocycles. The van der Waals surface area contributed by atoms with Crippen molar-refractivity contribution in [3.63, 3.8) is 0 Å². The molecule has 0 saturated carbocycles. The number of methoxy groups -OCH3 is 1. The van der Waals surface area contributed by atoms with Crippen molar-refractivity contribution in [2.45, 2.75) is 12.9 Å². The molecule has 30 heavy (non-hydrogen) atoms. The van der Waals surface area contributed by atoms with E-state index < -0.39 is 18.0 Å². The summed E-state index contributed by atoms with van der Waals surface area (Å²) in [6.07, 6.45) is -1.40. The number of ether oxygens (including phenoxy) is 2. The first-order valence-electron chi connectivity index (χ1n) is 8.39. The molecule has 2 aromatic heterocycles. The van der Waals surface area contributed by atoms with Crippen molar-refractivity contribution < 1.29 is 27.4 Å². The van der Waals surface area contributed by atoms with Gasteiger partial charge in [-0.15, -0.1) is 13.2 Å². The monoisotopic (exact) mass is 550 g/mol. The second-order valence-corrected chi connectivity index (χ2v) is 7.86. The lowest BCUT2D eigenvalue weighted by Gasteiger charge is -2.12. The van der Waals surface area contributed by atoms with Crippen molar-refractivity contribution >= 4 is 34.3 Å². The number of alkyl halides is 3. The summed E-state index contributed by atoms with van der Waals surface area (Å²) in [6.45, 7) is 0.0215. The molecular formula is C18H15F3IN4O3P. The Kier molecular flexibility index (Phi) is 7.14. The molecule has 7 nitrogen and oxygen atoms in total. The number of hydrogen-bond donors (Lipinski definition) is 1. The smallest absolute Gasteiger partial charge is 0.494 e. The summed E-state index contributed by atoms with van der Waals surface area (Å²) in [5, 5.41) is 7.03. The molecule has 0 bridgehead atoms. The molecule has 0 radical (unpaired) electrons. The molecule has 2 heterocycles. The van der Waals surface area contributed by atoms with Crippen LogP contribution in [-0.2, 0) is 6.54 Å². The number of para-hydroxylation sites is 1. The third kappa shape index (κ3) is 5.39. The average molecular weight is 550 g/mol. The maximum absolute atomic E-state index is 12.6. The molecule has 0 fully saturated rings. The number of rotatable bonds is 7. The lowest BCUT2D eigenvalue weighted by atomic mass is 10.1. The number of carbonyl (C=O) groups excluding carboxylic acids is 1. The van der Waals surface area contributed by atoms with Crippen LogP contribution in [0.15, 0.2) is 48.8 Å². The molecule has 158 valence electrons. The molecule has 3 rings (SSSR count). The Hall–Kier alpha value is -2.40. The van der Waals surface area contributed by atoms with E-state index in [1.54, 1.807) is 29.0 Å². The third-order valence-corrected chi connectivity index (χ3v) is 5.78. The van der Waals surface area contributed by atoms with Crippen LogP contribution in [0.4, 0.5) is 13.2 Å². The van der Waals surface area contributed by atoms with Gasteiger partial charge >= 0.3 is 6.36 Å². The number of amides is 1. The lowest BCUT2D eigenvalue weighted by molar-refractivity contribution is -0.274. The minimum Gasteiger partial charge on any atom is -0.494 e. The fraction of sp³-hybridized carbons (Fsp3) is 0.167. The Morgan fingerprint density at radius 1 is 1.27 bits per heavy atom. The van der Waals surface area contributed by atoms with Crippen LogP contribution in [0.25, 0.3) is 11.3 Å². The SMILES string of the molecule is COc1cnccc1-c1cc(CNC(=O)c2ccccc2OC(F)(F)F)nn1PI. The molecule has 1 aromatic carbocycles. The summed E-state index contributed by atoms with van der Waals surface area (Å²) in [6, 6.07) is 8.72. The van der Waals surface area contributed by atoms with E-state index in [4.69, 9.17) is 4.74 Å². The molecule has 1 N–H and O–H groups in total. The van der Waals surface area contributed by atoms with E-state index in [-0.39, 0.29) is 18.5 Å². The van der Waals surface area contributed by atoms with E-state index in [1.807, 2.05) is 0 Å². The molecule has 1 atom stereocenters. The van der Waals surface area contributed by atoms with E-state index in [2.05, 4.69) is 42.2 Å². The van der Waals surface area contributed by atoms with Crippen molar-refractivity contribution in [3.8, 4) is 22.8 Å². The van der Waals surface area contributed by atoms with Crippen molar-refractivity contribution in [1.29, 1.82) is 0 Å². The van der Waals surface area contributed by atoms with Crippen LogP contribution in [-0.4, -0.2) is 33.9 Å². The Balaban J connectivity index is 1.79. The van der Waals surface area contributed by atoms with Gasteiger partial charge in [0.2, 0.25) is 0 Å². The highest BCUT2D eigenvalue weighted by Crippen LogP contribution is 2.35. The van der Waals surface area contributed by atoms with Gasteiger partial charge in [0.15, 0.2) is 0 Å². The highest BCUT2D eigenvalue weighted by molar-refractivity contribution is 14.2. The molecule has 0 spiro atoms. The van der Waals surface area contributed by atoms with Crippen LogP contribution < -0.4 is 14.8 Å². The van der Waals surface area contributed by atoms with E-state index in [1.165, 1.54) is 25.3 Å². The highest BCUT2D eigenvalue weighted by atomic mass is 127. The molecule has 0 aliphatic rings. The first-order valence-corrected chi connectivity index (χ1v) is 12.5. The lowest BCUT2D eigenvalue weighted by Crippen LogP contribution is -2.25. The maximum Gasteiger partial charge on any atom is 0.573 e. The zero-order valence-electron chi connectivity index (χ0n) is 15.4. The number of aromatic nitrogens is 3. The van der Waals surface area contributed by atoms with Gasteiger partial charge < -0.3 is 14.8 Å². The Bertz CT molecular complexity index is 1050. The summed E-state index contributed by atoms with van der Waals surface area (Å²) in [7, 11) is 1.54. The number of nitrogens with zero attached hydrogens (tertiary/aromatic N) is 3. The zero-order valence-corrected chi connectivity index (χ0v) is 18.6. The fourth-order valence-corrected chi connectivity index (χ4v) is 4.21. The van der Waals surface area contributed by atoms with E-state index in [0.717, 1.165) is 17.3 Å². The normalized spacial score (nSPS) is 11.6. The van der Waals surface area contributed by atoms with Gasteiger partial charge in [-0.05, 0) is 46.3 Å². The van der Waals surface area contributed by atoms with Gasteiger partial charge in [0.1, 0.15) is 11.5 Å². The van der Waals surface area contributed by atoms with Gasteiger partial charge in [-0.25, -0.2) is 4.45 Å². The van der Waals surface area contributed by atoms with Crippen LogP contribution in [0.3, 0.4) is 0 Å². The second kappa shape index (κ2) is 9.61. The van der Waals surface area contributed by atoms with E-state index in [0.29, 0.717) is 11.4 Å². The minimum absolute atomic E-state index is 0.0215. The van der Waals surface area contributed by atoms with Gasteiger partial charge in [0, 0.05) is 11.8 Å². The predicted molar refractivity (Wildman–Crippen MR) is 114 cm³/mol. The average Bonchev–Trinajstić information content (AvgIpc) is 3.14. The molecule has 3 aromatic rings. The predicted octanol–water partition coefficient (Wildman–Crippen LogP) is 4.57. The Morgan fingerprint density at radius 2 is 2.03 bits per heavy atom. The van der Waals surface area contributed by atoms with Gasteiger partial charge in [0.25, 0.3) is 5.91 Å². The van der Waals surface area contributed by atoms with Gasteiger partial charge in [-0.1, -0.05) is 12.1 Å². The van der Waals surface area contributed by atoms with E-state index >= 15 is 0 Å². The number of halogens is 4. The summed E-state index contributed by atoms with van der Waals surface area (Å²) in [4.78, 5) is 16.5. The first kappa shape index (κ1) is 22.3. The van der Waals surface area contributed by atoms with Crippen molar-refractivity contribution in [2.24, 2.45) is 0 Å². The molecule has 12 heteroatoms. The fourth-order valence-electron chi connectivity index (χ4n) is 2.66. The Labute approximate surface area is 184 Å². The molecule has 1 amide bonds. The first-order chi connectivity index (χ1) is 14.3. The third-order valence-electron chi connectivity index (χ3n) is 3.91. The van der Waals surface area contributed by atoms with Gasteiger partial charge in [-0.3, -0.25) is 9.78 Å². The number of carbonyl (C=O) groups is 1. The van der Waals surface area contributed by atoms with Crippen LogP contribution in [0.1, 0.15) is 16.1 Å². The van der Waals surface area contributed by atoms with Crippen LogP contribution >= 0.6 is 28.4 Å². The van der Waals surface area contributed by atoms with Gasteiger partial charge in [0.05, 0.1) is 43.2 Å².